The van der Waals surface area contributed by atoms with Crippen molar-refractivity contribution in [1.82, 2.24) is 10.3 Å². The number of benzene rings is 1. The quantitative estimate of drug-likeness (QED) is 0.715. The SMILES string of the molecule is COc1ccc([C@H](CO)NC2[C@H](C(=O)O)[C@H]2c2ccccc2)cn1. The minimum Gasteiger partial charge on any atom is -0.481 e. The lowest BCUT2D eigenvalue weighted by Crippen LogP contribution is -2.29. The fourth-order valence-electron chi connectivity index (χ4n) is 3.12. The van der Waals surface area contributed by atoms with Gasteiger partial charge in [0.2, 0.25) is 5.88 Å². The van der Waals surface area contributed by atoms with E-state index in [1.54, 1.807) is 12.3 Å². The first kappa shape index (κ1) is 16.4. The molecule has 2 aromatic rings. The van der Waals surface area contributed by atoms with Gasteiger partial charge in [-0.05, 0) is 11.1 Å². The van der Waals surface area contributed by atoms with Gasteiger partial charge in [0.15, 0.2) is 0 Å². The van der Waals surface area contributed by atoms with Crippen LogP contribution in [0.25, 0.3) is 0 Å². The van der Waals surface area contributed by atoms with Crippen LogP contribution in [-0.4, -0.2) is 40.9 Å². The highest BCUT2D eigenvalue weighted by Crippen LogP contribution is 2.48. The molecule has 1 aromatic heterocycles. The van der Waals surface area contributed by atoms with Crippen molar-refractivity contribution in [2.75, 3.05) is 13.7 Å². The van der Waals surface area contributed by atoms with Crippen molar-refractivity contribution in [3.05, 3.63) is 59.8 Å². The number of aliphatic carboxylic acids is 1. The van der Waals surface area contributed by atoms with Crippen LogP contribution in [0.15, 0.2) is 48.7 Å². The topological polar surface area (TPSA) is 91.7 Å². The molecule has 0 aliphatic heterocycles. The van der Waals surface area contributed by atoms with Crippen molar-refractivity contribution < 1.29 is 19.7 Å². The van der Waals surface area contributed by atoms with Gasteiger partial charge in [-0.15, -0.1) is 0 Å². The van der Waals surface area contributed by atoms with E-state index < -0.39 is 11.9 Å². The molecule has 0 radical (unpaired) electrons. The largest absolute Gasteiger partial charge is 0.481 e. The number of carboxylic acid groups (broad SMARTS) is 1. The second-order valence-corrected chi connectivity index (χ2v) is 5.86. The van der Waals surface area contributed by atoms with Gasteiger partial charge in [0, 0.05) is 24.2 Å². The molecule has 24 heavy (non-hydrogen) atoms. The summed E-state index contributed by atoms with van der Waals surface area (Å²) >= 11 is 0. The van der Waals surface area contributed by atoms with Crippen molar-refractivity contribution in [3.63, 3.8) is 0 Å². The van der Waals surface area contributed by atoms with Crippen molar-refractivity contribution in [2.45, 2.75) is 18.0 Å². The fourth-order valence-corrected chi connectivity index (χ4v) is 3.12. The summed E-state index contributed by atoms with van der Waals surface area (Å²) in [5.41, 5.74) is 1.79. The van der Waals surface area contributed by atoms with Crippen LogP contribution in [0.1, 0.15) is 23.1 Å². The van der Waals surface area contributed by atoms with Gasteiger partial charge in [0.05, 0.1) is 25.7 Å². The number of methoxy groups -OCH3 is 1. The van der Waals surface area contributed by atoms with E-state index in [2.05, 4.69) is 10.3 Å². The van der Waals surface area contributed by atoms with Gasteiger partial charge in [-0.25, -0.2) is 4.98 Å². The molecule has 1 aliphatic rings. The molecule has 0 amide bonds. The lowest BCUT2D eigenvalue weighted by molar-refractivity contribution is -0.138. The number of hydrogen-bond acceptors (Lipinski definition) is 5. The number of ether oxygens (including phenoxy) is 1. The van der Waals surface area contributed by atoms with Gasteiger partial charge in [-0.1, -0.05) is 36.4 Å². The molecule has 0 bridgehead atoms. The second kappa shape index (κ2) is 6.98. The molecule has 126 valence electrons. The van der Waals surface area contributed by atoms with Gasteiger partial charge >= 0.3 is 5.97 Å². The molecule has 3 rings (SSSR count). The molecule has 6 heteroatoms. The molecule has 1 heterocycles. The molecule has 4 atom stereocenters. The lowest BCUT2D eigenvalue weighted by Gasteiger charge is -2.17. The summed E-state index contributed by atoms with van der Waals surface area (Å²) in [6, 6.07) is 12.5. The standard InChI is InChI=1S/C18H20N2O4/c1-24-14-8-7-12(9-19-14)13(10-21)20-17-15(16(17)18(22)23)11-5-3-2-4-6-11/h2-9,13,15-17,20-21H,10H2,1H3,(H,22,23)/t13-,15+,16+,17?/m0/s1. The Hall–Kier alpha value is -2.44. The van der Waals surface area contributed by atoms with Gasteiger partial charge < -0.3 is 20.3 Å². The number of rotatable bonds is 7. The molecule has 3 N–H and O–H groups in total. The number of nitrogens with zero attached hydrogens (tertiary/aromatic N) is 1. The van der Waals surface area contributed by atoms with Crippen LogP contribution in [0.5, 0.6) is 5.88 Å². The predicted molar refractivity (Wildman–Crippen MR) is 87.8 cm³/mol. The van der Waals surface area contributed by atoms with Gasteiger partial charge in [0.25, 0.3) is 0 Å². The molecule has 0 spiro atoms. The summed E-state index contributed by atoms with van der Waals surface area (Å²) in [7, 11) is 1.54. The Labute approximate surface area is 140 Å². The van der Waals surface area contributed by atoms with E-state index in [-0.39, 0.29) is 24.6 Å². The van der Waals surface area contributed by atoms with Gasteiger partial charge in [0.1, 0.15) is 0 Å². The maximum absolute atomic E-state index is 11.5. The first-order valence-electron chi connectivity index (χ1n) is 7.80. The Morgan fingerprint density at radius 1 is 1.29 bits per heavy atom. The first-order chi connectivity index (χ1) is 11.7. The Balaban J connectivity index is 1.75. The highest BCUT2D eigenvalue weighted by Gasteiger charge is 2.56. The highest BCUT2D eigenvalue weighted by molar-refractivity contribution is 5.77. The molecule has 0 saturated heterocycles. The van der Waals surface area contributed by atoms with Crippen molar-refractivity contribution in [2.24, 2.45) is 5.92 Å². The maximum Gasteiger partial charge on any atom is 0.308 e. The normalized spacial score (nSPS) is 23.5. The number of nitrogens with one attached hydrogen (secondary N) is 1. The number of carbonyl (C=O) groups is 1. The van der Waals surface area contributed by atoms with E-state index in [0.717, 1.165) is 11.1 Å². The Morgan fingerprint density at radius 3 is 2.58 bits per heavy atom. The van der Waals surface area contributed by atoms with E-state index in [1.165, 1.54) is 7.11 Å². The van der Waals surface area contributed by atoms with Crippen molar-refractivity contribution in [3.8, 4) is 5.88 Å². The highest BCUT2D eigenvalue weighted by atomic mass is 16.5. The number of carboxylic acids is 1. The zero-order valence-corrected chi connectivity index (χ0v) is 13.3. The van der Waals surface area contributed by atoms with Crippen molar-refractivity contribution >= 4 is 5.97 Å². The van der Waals surface area contributed by atoms with Gasteiger partial charge in [-0.2, -0.15) is 0 Å². The maximum atomic E-state index is 11.5. The summed E-state index contributed by atoms with van der Waals surface area (Å²) in [5.74, 6) is -0.921. The minimum absolute atomic E-state index is 0.0936. The van der Waals surface area contributed by atoms with Crippen LogP contribution in [-0.2, 0) is 4.79 Å². The average molecular weight is 328 g/mol. The van der Waals surface area contributed by atoms with E-state index in [0.29, 0.717) is 5.88 Å². The zero-order chi connectivity index (χ0) is 17.1. The van der Waals surface area contributed by atoms with Crippen LogP contribution in [0, 0.1) is 5.92 Å². The molecule has 1 aromatic carbocycles. The molecule has 1 saturated carbocycles. The summed E-state index contributed by atoms with van der Waals surface area (Å²) < 4.78 is 5.03. The zero-order valence-electron chi connectivity index (χ0n) is 13.3. The van der Waals surface area contributed by atoms with E-state index in [4.69, 9.17) is 4.74 Å². The number of aromatic nitrogens is 1. The van der Waals surface area contributed by atoms with Crippen molar-refractivity contribution in [1.29, 1.82) is 0 Å². The minimum atomic E-state index is -0.828. The molecular weight excluding hydrogens is 308 g/mol. The monoisotopic (exact) mass is 328 g/mol. The molecule has 1 aliphatic carbocycles. The second-order valence-electron chi connectivity index (χ2n) is 5.86. The third kappa shape index (κ3) is 3.25. The van der Waals surface area contributed by atoms with Crippen LogP contribution < -0.4 is 10.1 Å². The third-order valence-corrected chi connectivity index (χ3v) is 4.44. The number of aliphatic hydroxyl groups is 1. The number of pyridine rings is 1. The number of aliphatic hydroxyl groups excluding tert-OH is 1. The predicted octanol–water partition coefficient (Wildman–Crippen LogP) is 1.58. The Kier molecular flexibility index (Phi) is 4.78. The average Bonchev–Trinajstić information content (AvgIpc) is 3.35. The summed E-state index contributed by atoms with van der Waals surface area (Å²) in [6.45, 7) is -0.141. The fraction of sp³-hybridized carbons (Fsp3) is 0.333. The first-order valence-corrected chi connectivity index (χ1v) is 7.80. The van der Waals surface area contributed by atoms with Gasteiger partial charge in [-0.3, -0.25) is 4.79 Å². The van der Waals surface area contributed by atoms with Crippen LogP contribution in [0.4, 0.5) is 0 Å². The van der Waals surface area contributed by atoms with E-state index in [1.807, 2.05) is 36.4 Å². The van der Waals surface area contributed by atoms with Crippen LogP contribution >= 0.6 is 0 Å². The smallest absolute Gasteiger partial charge is 0.308 e. The van der Waals surface area contributed by atoms with Crippen LogP contribution in [0.3, 0.4) is 0 Å². The summed E-state index contributed by atoms with van der Waals surface area (Å²) in [6.07, 6.45) is 1.63. The lowest BCUT2D eigenvalue weighted by atomic mass is 10.1. The Morgan fingerprint density at radius 2 is 2.04 bits per heavy atom. The third-order valence-electron chi connectivity index (χ3n) is 4.44. The van der Waals surface area contributed by atoms with E-state index >= 15 is 0 Å². The molecule has 1 unspecified atom stereocenters. The summed E-state index contributed by atoms with van der Waals surface area (Å²) in [5, 5.41) is 22.4. The van der Waals surface area contributed by atoms with Crippen LogP contribution in [0.2, 0.25) is 0 Å². The summed E-state index contributed by atoms with van der Waals surface area (Å²) in [4.78, 5) is 15.6. The molecule has 1 fully saturated rings. The molecular formula is C18H20N2O4. The number of hydrogen-bond donors (Lipinski definition) is 3. The Bertz CT molecular complexity index is 690. The molecule has 6 nitrogen and oxygen atoms in total. The van der Waals surface area contributed by atoms with E-state index in [9.17, 15) is 15.0 Å².